The third-order valence-electron chi connectivity index (χ3n) is 8.99. The number of hydrogen-bond donors (Lipinski definition) is 2. The van der Waals surface area contributed by atoms with Crippen LogP contribution in [0, 0.1) is 11.3 Å². The highest BCUT2D eigenvalue weighted by atomic mass is 32.2. The number of carboxylic acid groups (broad SMARTS) is 1. The molecule has 0 saturated carbocycles. The number of hydrogen-bond acceptors (Lipinski definition) is 6. The van der Waals surface area contributed by atoms with Crippen LogP contribution in [-0.2, 0) is 4.79 Å². The second kappa shape index (κ2) is 22.1. The van der Waals surface area contributed by atoms with Crippen molar-refractivity contribution in [3.8, 4) is 0 Å². The molecule has 0 aliphatic rings. The molecule has 0 aromatic heterocycles. The molecular weight excluding hydrogens is 627 g/mol. The van der Waals surface area contributed by atoms with Gasteiger partial charge in [-0.3, -0.25) is 9.59 Å². The number of carbonyl (C=O) groups excluding carboxylic acids is 1. The Balaban J connectivity index is 2.08. The maximum Gasteiger partial charge on any atom is 0.309 e. The molecule has 0 saturated heterocycles. The van der Waals surface area contributed by atoms with E-state index in [9.17, 15) is 14.7 Å². The van der Waals surface area contributed by atoms with Crippen molar-refractivity contribution in [1.29, 1.82) is 0 Å². The van der Waals surface area contributed by atoms with Crippen molar-refractivity contribution < 1.29 is 14.7 Å². The molecule has 0 aliphatic carbocycles. The van der Waals surface area contributed by atoms with Gasteiger partial charge < -0.3 is 10.8 Å². The molecule has 4 nitrogen and oxygen atoms in total. The summed E-state index contributed by atoms with van der Waals surface area (Å²) in [6, 6.07) is 17.3. The minimum Gasteiger partial charge on any atom is -0.481 e. The molecule has 0 aliphatic heterocycles. The summed E-state index contributed by atoms with van der Waals surface area (Å²) in [4.78, 5) is 25.5. The average molecular weight is 686 g/mol. The smallest absolute Gasteiger partial charge is 0.309 e. The van der Waals surface area contributed by atoms with Gasteiger partial charge in [-0.15, -0.1) is 23.5 Å². The maximum atomic E-state index is 13.0. The van der Waals surface area contributed by atoms with Crippen molar-refractivity contribution >= 4 is 51.0 Å². The van der Waals surface area contributed by atoms with Crippen molar-refractivity contribution in [2.45, 2.75) is 130 Å². The van der Waals surface area contributed by atoms with Gasteiger partial charge in [-0.1, -0.05) is 145 Å². The molecule has 0 fully saturated rings. The topological polar surface area (TPSA) is 80.4 Å². The number of Topliss-reactive ketones (excluding diaryl/α,β-unsaturated/α-hetero) is 1. The maximum absolute atomic E-state index is 13.0. The van der Waals surface area contributed by atoms with E-state index in [0.717, 1.165) is 26.2 Å². The number of nitrogens with two attached hydrogens (primary N) is 1. The van der Waals surface area contributed by atoms with E-state index >= 15 is 0 Å². The highest BCUT2D eigenvalue weighted by molar-refractivity contribution is 8.47. The summed E-state index contributed by atoms with van der Waals surface area (Å²) in [7, 11) is 0. The first-order valence-corrected chi connectivity index (χ1v) is 19.8. The molecule has 0 amide bonds. The lowest BCUT2D eigenvalue weighted by molar-refractivity contribution is -0.148. The Kier molecular flexibility index (Phi) is 19.4. The van der Waals surface area contributed by atoms with Gasteiger partial charge in [-0.05, 0) is 61.8 Å². The largest absolute Gasteiger partial charge is 0.481 e. The van der Waals surface area contributed by atoms with Gasteiger partial charge >= 0.3 is 5.97 Å². The second-order valence-corrected chi connectivity index (χ2v) is 17.1. The van der Waals surface area contributed by atoms with Crippen LogP contribution < -0.4 is 5.73 Å². The molecule has 256 valence electrons. The summed E-state index contributed by atoms with van der Waals surface area (Å²) < 4.78 is 0.945. The molecule has 3 atom stereocenters. The first-order valence-electron chi connectivity index (χ1n) is 17.4. The molecule has 2 aromatic rings. The first kappa shape index (κ1) is 40.5. The highest BCUT2D eigenvalue weighted by Gasteiger charge is 2.39. The number of thioether (sulfide) groups is 2. The van der Waals surface area contributed by atoms with Gasteiger partial charge in [-0.25, -0.2) is 0 Å². The van der Waals surface area contributed by atoms with E-state index in [1.807, 2.05) is 68.4 Å². The van der Waals surface area contributed by atoms with E-state index in [-0.39, 0.29) is 17.6 Å². The lowest BCUT2D eigenvalue weighted by Crippen LogP contribution is -2.33. The van der Waals surface area contributed by atoms with E-state index in [0.29, 0.717) is 24.3 Å². The number of ketones is 1. The standard InChI is InChI=1S/C39H59NO3S3/c1-6-7-8-9-10-11-12-13-14-18-25-45-38(44)46-28-33(27-34(39(4,5)37(42)43)31-19-16-15-17-20-31)30-21-23-32(24-22-30)36(41)35(40)26-29(2)3/h15-17,19-24,29,33-35H,6-14,18,25-28,40H2,1-5H3,(H,42,43). The Morgan fingerprint density at radius 3 is 1.91 bits per heavy atom. The Morgan fingerprint density at radius 2 is 1.37 bits per heavy atom. The Labute approximate surface area is 293 Å². The van der Waals surface area contributed by atoms with Crippen molar-refractivity contribution in [3.63, 3.8) is 0 Å². The van der Waals surface area contributed by atoms with Gasteiger partial charge in [-0.2, -0.15) is 0 Å². The van der Waals surface area contributed by atoms with Crippen LogP contribution in [0.4, 0.5) is 0 Å². The SMILES string of the molecule is CCCCCCCCCCCCSC(=S)SCC(CC(c1ccccc1)C(C)(C)C(=O)O)c1ccc(C(=O)C(N)CC(C)C)cc1. The normalized spacial score (nSPS) is 13.8. The van der Waals surface area contributed by atoms with Gasteiger partial charge in [0.2, 0.25) is 0 Å². The van der Waals surface area contributed by atoms with Crippen LogP contribution in [0.25, 0.3) is 0 Å². The molecule has 2 aromatic carbocycles. The zero-order chi connectivity index (χ0) is 34.0. The fourth-order valence-electron chi connectivity index (χ4n) is 5.97. The van der Waals surface area contributed by atoms with Crippen molar-refractivity contribution in [3.05, 3.63) is 71.3 Å². The van der Waals surface area contributed by atoms with E-state index in [1.165, 1.54) is 64.2 Å². The number of thiocarbonyl (C=S) groups is 1. The predicted molar refractivity (Wildman–Crippen MR) is 206 cm³/mol. The van der Waals surface area contributed by atoms with Gasteiger partial charge in [0.25, 0.3) is 0 Å². The summed E-state index contributed by atoms with van der Waals surface area (Å²) in [5, 5.41) is 10.2. The summed E-state index contributed by atoms with van der Waals surface area (Å²) in [6.45, 7) is 10.0. The van der Waals surface area contributed by atoms with Gasteiger partial charge in [0.1, 0.15) is 3.53 Å². The lowest BCUT2D eigenvalue weighted by atomic mass is 9.70. The molecule has 0 bridgehead atoms. The molecule has 7 heteroatoms. The number of carboxylic acids is 1. The van der Waals surface area contributed by atoms with Crippen LogP contribution in [0.3, 0.4) is 0 Å². The second-order valence-electron chi connectivity index (χ2n) is 13.7. The third-order valence-corrected chi connectivity index (χ3v) is 11.9. The summed E-state index contributed by atoms with van der Waals surface area (Å²) in [5.74, 6) is 1.14. The molecule has 3 N–H and O–H groups in total. The van der Waals surface area contributed by atoms with E-state index in [4.69, 9.17) is 18.0 Å². The summed E-state index contributed by atoms with van der Waals surface area (Å²) in [6.07, 6.45) is 14.5. The zero-order valence-electron chi connectivity index (χ0n) is 29.0. The third kappa shape index (κ3) is 14.6. The number of unbranched alkanes of at least 4 members (excludes halogenated alkanes) is 9. The van der Waals surface area contributed by atoms with Crippen molar-refractivity contribution in [2.75, 3.05) is 11.5 Å². The Morgan fingerprint density at radius 1 is 0.804 bits per heavy atom. The monoisotopic (exact) mass is 685 g/mol. The van der Waals surface area contributed by atoms with Crippen LogP contribution in [0.15, 0.2) is 54.6 Å². The van der Waals surface area contributed by atoms with E-state index in [1.54, 1.807) is 23.5 Å². The minimum absolute atomic E-state index is 0.0371. The predicted octanol–water partition coefficient (Wildman–Crippen LogP) is 11.3. The van der Waals surface area contributed by atoms with Crippen LogP contribution >= 0.6 is 35.7 Å². The van der Waals surface area contributed by atoms with Crippen LogP contribution in [-0.4, -0.2) is 37.9 Å². The molecule has 0 radical (unpaired) electrons. The van der Waals surface area contributed by atoms with E-state index < -0.39 is 17.4 Å². The summed E-state index contributed by atoms with van der Waals surface area (Å²) in [5.41, 5.74) is 7.98. The van der Waals surface area contributed by atoms with Crippen molar-refractivity contribution in [2.24, 2.45) is 17.1 Å². The summed E-state index contributed by atoms with van der Waals surface area (Å²) >= 11 is 9.28. The Bertz CT molecular complexity index is 1170. The van der Waals surface area contributed by atoms with Gasteiger partial charge in [0.05, 0.1) is 11.5 Å². The number of rotatable bonds is 23. The fraction of sp³-hybridized carbons (Fsp3) is 0.615. The average Bonchev–Trinajstić information content (AvgIpc) is 3.03. The highest BCUT2D eigenvalue weighted by Crippen LogP contribution is 2.44. The zero-order valence-corrected chi connectivity index (χ0v) is 31.4. The lowest BCUT2D eigenvalue weighted by Gasteiger charge is -2.34. The first-order chi connectivity index (χ1) is 22.0. The van der Waals surface area contributed by atoms with Gasteiger partial charge in [0, 0.05) is 17.2 Å². The van der Waals surface area contributed by atoms with E-state index in [2.05, 4.69) is 20.8 Å². The molecule has 2 rings (SSSR count). The molecule has 46 heavy (non-hydrogen) atoms. The number of benzene rings is 2. The van der Waals surface area contributed by atoms with Crippen LogP contribution in [0.1, 0.15) is 145 Å². The van der Waals surface area contributed by atoms with Crippen LogP contribution in [0.2, 0.25) is 0 Å². The van der Waals surface area contributed by atoms with Gasteiger partial charge in [0.15, 0.2) is 5.78 Å². The molecule has 0 spiro atoms. The minimum atomic E-state index is -0.964. The molecule has 3 unspecified atom stereocenters. The number of aliphatic carboxylic acids is 1. The Hall–Kier alpha value is -1.67. The fourth-order valence-corrected chi connectivity index (χ4v) is 8.39. The van der Waals surface area contributed by atoms with Crippen molar-refractivity contribution in [1.82, 2.24) is 0 Å². The number of carbonyl (C=O) groups is 2. The van der Waals surface area contributed by atoms with Crippen LogP contribution in [0.5, 0.6) is 0 Å². The molecular formula is C39H59NO3S3. The quantitative estimate of drug-likeness (QED) is 0.0684. The molecule has 0 heterocycles.